The van der Waals surface area contributed by atoms with Gasteiger partial charge in [0.1, 0.15) is 5.69 Å². The molecule has 0 saturated heterocycles. The molecule has 0 bridgehead atoms. The van der Waals surface area contributed by atoms with Gasteiger partial charge in [0, 0.05) is 26.2 Å². The number of aryl methyl sites for hydroxylation is 1. The summed E-state index contributed by atoms with van der Waals surface area (Å²) in [6, 6.07) is 10.9. The number of benzene rings is 1. The van der Waals surface area contributed by atoms with E-state index in [9.17, 15) is 22.8 Å². The third kappa shape index (κ3) is 3.82. The van der Waals surface area contributed by atoms with E-state index in [4.69, 9.17) is 0 Å². The van der Waals surface area contributed by atoms with Crippen molar-refractivity contribution in [2.45, 2.75) is 12.7 Å². The van der Waals surface area contributed by atoms with E-state index in [-0.39, 0.29) is 18.8 Å². The van der Waals surface area contributed by atoms with E-state index in [2.05, 4.69) is 15.5 Å². The van der Waals surface area contributed by atoms with Crippen LogP contribution in [0.5, 0.6) is 0 Å². The predicted molar refractivity (Wildman–Crippen MR) is 93.4 cm³/mol. The number of halogens is 3. The van der Waals surface area contributed by atoms with Crippen LogP contribution in [0.4, 0.5) is 13.2 Å². The summed E-state index contributed by atoms with van der Waals surface area (Å²) < 4.78 is 40.9. The van der Waals surface area contributed by atoms with Crippen LogP contribution in [0.3, 0.4) is 0 Å². The van der Waals surface area contributed by atoms with Crippen LogP contribution >= 0.6 is 0 Å². The molecule has 0 aliphatic rings. The minimum atomic E-state index is -4.73. The summed E-state index contributed by atoms with van der Waals surface area (Å²) in [5, 5.41) is 10.1. The van der Waals surface area contributed by atoms with E-state index < -0.39 is 23.6 Å². The van der Waals surface area contributed by atoms with Gasteiger partial charge in [0.2, 0.25) is 5.82 Å². The highest BCUT2D eigenvalue weighted by Crippen LogP contribution is 2.26. The predicted octanol–water partition coefficient (Wildman–Crippen LogP) is 1.43. The van der Waals surface area contributed by atoms with Crippen LogP contribution in [0.2, 0.25) is 0 Å². The zero-order valence-electron chi connectivity index (χ0n) is 15.1. The van der Waals surface area contributed by atoms with E-state index in [1.807, 2.05) is 30.3 Å². The molecule has 0 aliphatic carbocycles. The number of nitrogens with zero attached hydrogens (tertiary/aromatic N) is 5. The zero-order valence-corrected chi connectivity index (χ0v) is 15.1. The number of rotatable bonds is 5. The van der Waals surface area contributed by atoms with Gasteiger partial charge in [0.15, 0.2) is 0 Å². The Kier molecular flexibility index (Phi) is 5.08. The summed E-state index contributed by atoms with van der Waals surface area (Å²) in [6.45, 7) is -0.267. The van der Waals surface area contributed by atoms with E-state index in [1.165, 1.54) is 4.68 Å². The van der Waals surface area contributed by atoms with Crippen LogP contribution in [0.25, 0.3) is 11.3 Å². The Bertz CT molecular complexity index is 1050. The Balaban J connectivity index is 1.67. The van der Waals surface area contributed by atoms with Gasteiger partial charge in [-0.3, -0.25) is 14.0 Å². The Morgan fingerprint density at radius 1 is 1.14 bits per heavy atom. The highest BCUT2D eigenvalue weighted by Gasteiger charge is 2.37. The van der Waals surface area contributed by atoms with Crippen molar-refractivity contribution < 1.29 is 18.0 Å². The second-order valence-electron chi connectivity index (χ2n) is 6.05. The van der Waals surface area contributed by atoms with Crippen LogP contribution in [-0.4, -0.2) is 36.6 Å². The van der Waals surface area contributed by atoms with Gasteiger partial charge in [-0.15, -0.1) is 5.10 Å². The first-order valence-electron chi connectivity index (χ1n) is 8.27. The minimum absolute atomic E-state index is 0.0705. The van der Waals surface area contributed by atoms with E-state index in [0.717, 1.165) is 12.6 Å². The second-order valence-corrected chi connectivity index (χ2v) is 6.05. The topological polar surface area (TPSA) is 86.7 Å². The molecule has 2 heterocycles. The summed E-state index contributed by atoms with van der Waals surface area (Å²) in [5.41, 5.74) is 0.831. The zero-order chi connectivity index (χ0) is 20.5. The standard InChI is InChI=1S/C17H17F3N6O2/c1-24-15(17(18,19)20)23-26(16(24)28)9-8-21-14(27)13-10-12(22-25(13)2)11-6-4-3-5-7-11/h3-7,10H,8-9H2,1-2H3,(H,21,27). The molecule has 3 rings (SSSR count). The third-order valence-electron chi connectivity index (χ3n) is 4.09. The fourth-order valence-electron chi connectivity index (χ4n) is 2.68. The summed E-state index contributed by atoms with van der Waals surface area (Å²) in [4.78, 5) is 24.2. The van der Waals surface area contributed by atoms with Crippen LogP contribution in [-0.2, 0) is 26.8 Å². The molecule has 1 aromatic carbocycles. The van der Waals surface area contributed by atoms with Gasteiger partial charge >= 0.3 is 11.9 Å². The average molecular weight is 394 g/mol. The van der Waals surface area contributed by atoms with Crippen molar-refractivity contribution in [2.24, 2.45) is 14.1 Å². The minimum Gasteiger partial charge on any atom is -0.349 e. The summed E-state index contributed by atoms with van der Waals surface area (Å²) in [6.07, 6.45) is -4.73. The van der Waals surface area contributed by atoms with Crippen molar-refractivity contribution in [1.82, 2.24) is 29.4 Å². The molecule has 28 heavy (non-hydrogen) atoms. The van der Waals surface area contributed by atoms with Gasteiger partial charge in [0.05, 0.1) is 12.2 Å². The van der Waals surface area contributed by atoms with Crippen molar-refractivity contribution >= 4 is 5.91 Å². The fourth-order valence-corrected chi connectivity index (χ4v) is 2.68. The lowest BCUT2D eigenvalue weighted by Gasteiger charge is -2.05. The van der Waals surface area contributed by atoms with Gasteiger partial charge in [-0.1, -0.05) is 30.3 Å². The smallest absolute Gasteiger partial charge is 0.349 e. The lowest BCUT2D eigenvalue weighted by Crippen LogP contribution is -2.32. The van der Waals surface area contributed by atoms with Crippen molar-refractivity contribution in [3.8, 4) is 11.3 Å². The molecule has 0 atom stereocenters. The number of hydrogen-bond donors (Lipinski definition) is 1. The third-order valence-corrected chi connectivity index (χ3v) is 4.09. The number of alkyl halides is 3. The highest BCUT2D eigenvalue weighted by molar-refractivity contribution is 5.93. The van der Waals surface area contributed by atoms with Gasteiger partial charge in [0.25, 0.3) is 5.91 Å². The number of amides is 1. The maximum Gasteiger partial charge on any atom is 0.451 e. The molecule has 0 spiro atoms. The van der Waals surface area contributed by atoms with Gasteiger partial charge in [-0.25, -0.2) is 9.48 Å². The lowest BCUT2D eigenvalue weighted by molar-refractivity contribution is -0.147. The molecule has 0 fully saturated rings. The average Bonchev–Trinajstić information content (AvgIpc) is 3.17. The molecular weight excluding hydrogens is 377 g/mol. The summed E-state index contributed by atoms with van der Waals surface area (Å²) in [7, 11) is 2.61. The Hall–Kier alpha value is -3.37. The van der Waals surface area contributed by atoms with Gasteiger partial charge in [-0.2, -0.15) is 18.3 Å². The monoisotopic (exact) mass is 394 g/mol. The molecule has 0 unspecified atom stereocenters. The van der Waals surface area contributed by atoms with Gasteiger partial charge < -0.3 is 5.32 Å². The van der Waals surface area contributed by atoms with Crippen LogP contribution in [0.1, 0.15) is 16.3 Å². The quantitative estimate of drug-likeness (QED) is 0.709. The first-order chi connectivity index (χ1) is 13.2. The molecular formula is C17H17F3N6O2. The molecule has 8 nitrogen and oxygen atoms in total. The molecule has 3 aromatic rings. The number of hydrogen-bond acceptors (Lipinski definition) is 4. The van der Waals surface area contributed by atoms with E-state index in [0.29, 0.717) is 14.9 Å². The maximum atomic E-state index is 12.8. The Labute approximate surface area is 157 Å². The Morgan fingerprint density at radius 3 is 2.43 bits per heavy atom. The van der Waals surface area contributed by atoms with Crippen LogP contribution in [0, 0.1) is 0 Å². The SMILES string of the molecule is Cn1nc(-c2ccccc2)cc1C(=O)NCCn1nc(C(F)(F)F)n(C)c1=O. The first-order valence-corrected chi connectivity index (χ1v) is 8.27. The van der Waals surface area contributed by atoms with E-state index in [1.54, 1.807) is 13.1 Å². The number of nitrogens with one attached hydrogen (secondary N) is 1. The van der Waals surface area contributed by atoms with Crippen molar-refractivity contribution in [3.05, 3.63) is 58.4 Å². The molecule has 0 radical (unpaired) electrons. The summed E-state index contributed by atoms with van der Waals surface area (Å²) >= 11 is 0. The van der Waals surface area contributed by atoms with Crippen LogP contribution < -0.4 is 11.0 Å². The second kappa shape index (κ2) is 7.33. The molecule has 11 heteroatoms. The van der Waals surface area contributed by atoms with Crippen molar-refractivity contribution in [1.29, 1.82) is 0 Å². The van der Waals surface area contributed by atoms with Crippen molar-refractivity contribution in [3.63, 3.8) is 0 Å². The van der Waals surface area contributed by atoms with Crippen LogP contribution in [0.15, 0.2) is 41.2 Å². The number of aromatic nitrogens is 5. The van der Waals surface area contributed by atoms with E-state index >= 15 is 0 Å². The molecule has 0 aliphatic heterocycles. The normalized spacial score (nSPS) is 11.6. The molecule has 148 valence electrons. The lowest BCUT2D eigenvalue weighted by atomic mass is 10.1. The molecule has 1 amide bonds. The fraction of sp³-hybridized carbons (Fsp3) is 0.294. The number of carbonyl (C=O) groups excluding carboxylic acids is 1. The largest absolute Gasteiger partial charge is 0.451 e. The van der Waals surface area contributed by atoms with Crippen molar-refractivity contribution in [2.75, 3.05) is 6.54 Å². The Morgan fingerprint density at radius 2 is 1.82 bits per heavy atom. The maximum absolute atomic E-state index is 12.8. The first kappa shape index (κ1) is 19.4. The van der Waals surface area contributed by atoms with Gasteiger partial charge in [-0.05, 0) is 6.07 Å². The molecule has 1 N–H and O–H groups in total. The molecule has 2 aromatic heterocycles. The molecule has 0 saturated carbocycles. The number of carbonyl (C=O) groups is 1. The summed E-state index contributed by atoms with van der Waals surface area (Å²) in [5.74, 6) is -1.75. The highest BCUT2D eigenvalue weighted by atomic mass is 19.4.